The van der Waals surface area contributed by atoms with Gasteiger partial charge in [0.25, 0.3) is 0 Å². The molecule has 0 fully saturated rings. The first-order valence-corrected chi connectivity index (χ1v) is 22.4. The Labute approximate surface area is 382 Å². The molecule has 0 bridgehead atoms. The minimum absolute atomic E-state index is 0.00561. The Balaban J connectivity index is 2.39. The average molecular weight is 1050 g/mol. The van der Waals surface area contributed by atoms with Gasteiger partial charge in [0.05, 0.1) is 18.9 Å². The highest BCUT2D eigenvalue weighted by Crippen LogP contribution is 2.64. The second-order valence-corrected chi connectivity index (χ2v) is 20.9. The molecule has 69 heavy (non-hydrogen) atoms. The van der Waals surface area contributed by atoms with Crippen molar-refractivity contribution in [3.05, 3.63) is 70.8 Å². The highest BCUT2D eigenvalue weighted by molar-refractivity contribution is 6.76. The van der Waals surface area contributed by atoms with E-state index in [2.05, 4.69) is 5.32 Å². The summed E-state index contributed by atoms with van der Waals surface area (Å²) >= 11 is 0. The van der Waals surface area contributed by atoms with Crippen molar-refractivity contribution >= 4 is 26.1 Å². The fraction of sp³-hybridized carbons (Fsp3) is 0.610. The molecule has 1 amide bonds. The highest BCUT2D eigenvalue weighted by Gasteiger charge is 2.95. The molecule has 0 unspecified atom stereocenters. The lowest BCUT2D eigenvalue weighted by Gasteiger charge is -2.44. The number of esters is 1. The monoisotopic (exact) mass is 1050 g/mol. The van der Waals surface area contributed by atoms with Crippen LogP contribution in [0.15, 0.2) is 53.6 Å². The van der Waals surface area contributed by atoms with Crippen LogP contribution in [0.5, 0.6) is 5.75 Å². The number of halogens is 19. The minimum Gasteiger partial charge on any atom is -0.491 e. The molecule has 8 nitrogen and oxygen atoms in total. The van der Waals surface area contributed by atoms with Crippen molar-refractivity contribution in [1.82, 2.24) is 0 Å². The second kappa shape index (κ2) is 21.9. The maximum atomic E-state index is 15.0. The van der Waals surface area contributed by atoms with Crippen LogP contribution in [-0.2, 0) is 23.4 Å². The quantitative estimate of drug-likeness (QED) is 0.0368. The van der Waals surface area contributed by atoms with Gasteiger partial charge in [0.1, 0.15) is 30.1 Å². The number of alkyl halides is 17. The summed E-state index contributed by atoms with van der Waals surface area (Å²) in [7, 11) is -2.89. The van der Waals surface area contributed by atoms with E-state index in [1.807, 2.05) is 0 Å². The number of amides is 1. The van der Waals surface area contributed by atoms with Crippen LogP contribution in [0.1, 0.15) is 66.6 Å². The van der Waals surface area contributed by atoms with Crippen LogP contribution in [0.4, 0.5) is 93.9 Å². The van der Waals surface area contributed by atoms with E-state index in [9.17, 15) is 84.2 Å². The Morgan fingerprint density at radius 1 is 0.681 bits per heavy atom. The molecule has 0 saturated heterocycles. The summed E-state index contributed by atoms with van der Waals surface area (Å²) in [6, 6.07) is 6.01. The minimum atomic E-state index is -8.73. The van der Waals surface area contributed by atoms with Gasteiger partial charge in [-0.05, 0) is 73.3 Å². The largest absolute Gasteiger partial charge is 0.491 e. The number of hydrogen-bond donors (Lipinski definition) is 1. The standard InChI is InChI=1S/C41H46F19NO7Si/c1-9-65-32(62)24(7)23(6)30(64-8)31(68-33(63)61-29-15-12-26(42)20-28(29)43)25-10-13-27(14-11-25)66-17-18-67-69(21(2)3,22(4)5)19-16-34(44,45)35(46,47)36(48,49)37(50,51)38(52,53)39(54,55)40(56,57)41(58,59)60/h10-15,20-22,30-31H,9,16-19H2,1-8H3,(H,61,63)/b24-23+/t30-,31-/m1/s1. The molecular weight excluding hydrogens is 1010 g/mol. The molecule has 0 aliphatic rings. The third-order valence-electron chi connectivity index (χ3n) is 11.0. The summed E-state index contributed by atoms with van der Waals surface area (Å²) in [5, 5.41) is 2.11. The second-order valence-electron chi connectivity index (χ2n) is 15.9. The van der Waals surface area contributed by atoms with Crippen LogP contribution in [0.25, 0.3) is 0 Å². The fourth-order valence-electron chi connectivity index (χ4n) is 6.79. The highest BCUT2D eigenvalue weighted by atomic mass is 28.4. The van der Waals surface area contributed by atoms with Gasteiger partial charge in [-0.25, -0.2) is 18.4 Å². The third kappa shape index (κ3) is 12.0. The molecule has 2 rings (SSSR count). The van der Waals surface area contributed by atoms with E-state index in [0.29, 0.717) is 6.07 Å². The number of anilines is 1. The third-order valence-corrected chi connectivity index (χ3v) is 16.7. The molecule has 2 aromatic rings. The van der Waals surface area contributed by atoms with Crippen LogP contribution in [-0.4, -0.2) is 101 Å². The van der Waals surface area contributed by atoms with E-state index in [4.69, 9.17) is 23.4 Å². The summed E-state index contributed by atoms with van der Waals surface area (Å²) < 4.78 is 292. The van der Waals surface area contributed by atoms with Crippen LogP contribution in [0, 0.1) is 11.6 Å². The zero-order valence-electron chi connectivity index (χ0n) is 37.4. The molecule has 394 valence electrons. The van der Waals surface area contributed by atoms with E-state index in [-0.39, 0.29) is 29.1 Å². The summed E-state index contributed by atoms with van der Waals surface area (Å²) in [4.78, 5) is 25.6. The normalized spacial score (nSPS) is 15.2. The zero-order chi connectivity index (χ0) is 53.7. The molecule has 1 N–H and O–H groups in total. The van der Waals surface area contributed by atoms with Crippen molar-refractivity contribution < 1.29 is 116 Å². The van der Waals surface area contributed by atoms with Gasteiger partial charge in [-0.15, -0.1) is 0 Å². The zero-order valence-corrected chi connectivity index (χ0v) is 38.4. The molecule has 0 aliphatic heterocycles. The van der Waals surface area contributed by atoms with Crippen molar-refractivity contribution in [2.75, 3.05) is 32.2 Å². The molecule has 0 radical (unpaired) electrons. The van der Waals surface area contributed by atoms with Crippen molar-refractivity contribution in [3.8, 4) is 5.75 Å². The van der Waals surface area contributed by atoms with Crippen LogP contribution in [0.2, 0.25) is 17.1 Å². The molecule has 0 saturated carbocycles. The molecule has 28 heteroatoms. The maximum Gasteiger partial charge on any atom is 0.460 e. The molecule has 0 aliphatic carbocycles. The Bertz CT molecular complexity index is 2090. The van der Waals surface area contributed by atoms with E-state index < -0.39 is 134 Å². The van der Waals surface area contributed by atoms with Gasteiger partial charge in [0, 0.05) is 25.2 Å². The number of carbonyl (C=O) groups is 2. The topological polar surface area (TPSA) is 92.3 Å². The Hall–Kier alpha value is -4.47. The Kier molecular flexibility index (Phi) is 19.2. The van der Waals surface area contributed by atoms with E-state index in [0.717, 1.165) is 12.1 Å². The first-order valence-electron chi connectivity index (χ1n) is 20.1. The summed E-state index contributed by atoms with van der Waals surface area (Å²) in [5.74, 6) is -59.9. The van der Waals surface area contributed by atoms with E-state index in [1.165, 1.54) is 72.9 Å². The fourth-order valence-corrected chi connectivity index (χ4v) is 11.3. The lowest BCUT2D eigenvalue weighted by atomic mass is 9.88. The summed E-state index contributed by atoms with van der Waals surface area (Å²) in [6.07, 6.45) is -14.4. The van der Waals surface area contributed by atoms with Gasteiger partial charge in [-0.1, -0.05) is 39.8 Å². The number of rotatable bonds is 24. The Morgan fingerprint density at radius 2 is 1.17 bits per heavy atom. The number of ether oxygens (including phenoxy) is 4. The van der Waals surface area contributed by atoms with Gasteiger partial charge in [0.2, 0.25) is 0 Å². The van der Waals surface area contributed by atoms with Crippen LogP contribution in [0.3, 0.4) is 0 Å². The molecule has 0 aromatic heterocycles. The summed E-state index contributed by atoms with van der Waals surface area (Å²) in [5.41, 5.74) is -1.98. The first-order chi connectivity index (χ1) is 31.2. The van der Waals surface area contributed by atoms with E-state index in [1.54, 1.807) is 6.92 Å². The van der Waals surface area contributed by atoms with Crippen molar-refractivity contribution in [2.45, 2.75) is 132 Å². The molecule has 2 aromatic carbocycles. The lowest BCUT2D eigenvalue weighted by molar-refractivity contribution is -0.461. The molecule has 2 atom stereocenters. The number of methoxy groups -OCH3 is 1. The van der Waals surface area contributed by atoms with Gasteiger partial charge in [-0.3, -0.25) is 5.32 Å². The molecule has 0 spiro atoms. The van der Waals surface area contributed by atoms with Crippen molar-refractivity contribution in [2.24, 2.45) is 0 Å². The van der Waals surface area contributed by atoms with Crippen LogP contribution >= 0.6 is 0 Å². The van der Waals surface area contributed by atoms with Crippen LogP contribution < -0.4 is 10.1 Å². The number of benzene rings is 2. The van der Waals surface area contributed by atoms with Gasteiger partial charge in [0.15, 0.2) is 14.4 Å². The Morgan fingerprint density at radius 3 is 1.62 bits per heavy atom. The molecule has 0 heterocycles. The lowest BCUT2D eigenvalue weighted by Crippen LogP contribution is -2.74. The molecular formula is C41H46F19NO7Si. The van der Waals surface area contributed by atoms with Crippen molar-refractivity contribution in [1.29, 1.82) is 0 Å². The van der Waals surface area contributed by atoms with Crippen molar-refractivity contribution in [3.63, 3.8) is 0 Å². The predicted molar refractivity (Wildman–Crippen MR) is 209 cm³/mol. The summed E-state index contributed by atoms with van der Waals surface area (Å²) in [6.45, 7) is 8.37. The predicted octanol–water partition coefficient (Wildman–Crippen LogP) is 13.7. The first kappa shape index (κ1) is 60.6. The smallest absolute Gasteiger partial charge is 0.460 e. The maximum absolute atomic E-state index is 15.0. The number of hydrogen-bond acceptors (Lipinski definition) is 7. The van der Waals surface area contributed by atoms with E-state index >= 15 is 8.78 Å². The van der Waals surface area contributed by atoms with Gasteiger partial charge < -0.3 is 23.4 Å². The number of carbonyl (C=O) groups excluding carboxylic acids is 2. The number of nitrogens with one attached hydrogen (secondary N) is 1. The van der Waals surface area contributed by atoms with Gasteiger partial charge >= 0.3 is 59.7 Å². The van der Waals surface area contributed by atoms with Gasteiger partial charge in [-0.2, -0.15) is 74.6 Å². The SMILES string of the molecule is CCOC(=O)/C(C)=C(\C)[C@@H](OC)[C@H](OC(=O)Nc1ccc(F)cc1F)c1ccc(OCCO[Si](CCC(F)(F)C(F)(F)C(F)(F)C(F)(F)C(F)(F)C(F)(F)C(F)(F)C(F)(F)F)(C(C)C)C(C)C)cc1. The average Bonchev–Trinajstić information content (AvgIpc) is 3.23.